The summed E-state index contributed by atoms with van der Waals surface area (Å²) in [5, 5.41) is 20.2. The van der Waals surface area contributed by atoms with Gasteiger partial charge in [-0.15, -0.1) is 0 Å². The van der Waals surface area contributed by atoms with Gasteiger partial charge in [0, 0.05) is 25.7 Å². The van der Waals surface area contributed by atoms with E-state index in [1.807, 2.05) is 51.5 Å². The predicted molar refractivity (Wildman–Crippen MR) is 263 cm³/mol. The highest BCUT2D eigenvalue weighted by Crippen LogP contribution is 2.43. The van der Waals surface area contributed by atoms with Crippen molar-refractivity contribution in [2.45, 2.75) is 200 Å². The average Bonchev–Trinajstić information content (AvgIpc) is 3.51. The largest absolute Gasteiger partial charge is 0.472 e. The van der Waals surface area contributed by atoms with Gasteiger partial charge in [0.2, 0.25) is 0 Å². The van der Waals surface area contributed by atoms with Gasteiger partial charge in [-0.25, -0.2) is 4.57 Å². The Hall–Kier alpha value is -2.83. The third-order valence-corrected chi connectivity index (χ3v) is 12.3. The summed E-state index contributed by atoms with van der Waals surface area (Å²) < 4.78 is 40.5. The molecular weight excluding hydrogens is 846 g/mol. The highest BCUT2D eigenvalue weighted by Gasteiger charge is 2.27. The van der Waals surface area contributed by atoms with Gasteiger partial charge in [-0.1, -0.05) is 146 Å². The number of furan rings is 1. The zero-order valence-corrected chi connectivity index (χ0v) is 42.5. The third kappa shape index (κ3) is 34.2. The van der Waals surface area contributed by atoms with Crippen molar-refractivity contribution in [1.82, 2.24) is 0 Å². The van der Waals surface area contributed by atoms with Crippen LogP contribution < -0.4 is 0 Å². The van der Waals surface area contributed by atoms with Crippen LogP contribution in [0.15, 0.2) is 53.0 Å². The van der Waals surface area contributed by atoms with E-state index in [-0.39, 0.29) is 26.1 Å². The van der Waals surface area contributed by atoms with E-state index < -0.39 is 44.7 Å². The fourth-order valence-electron chi connectivity index (χ4n) is 6.99. The molecule has 12 nitrogen and oxygen atoms in total. The van der Waals surface area contributed by atoms with Crippen LogP contribution in [0.5, 0.6) is 0 Å². The molecule has 374 valence electrons. The topological polar surface area (TPSA) is 162 Å². The number of allylic oxidation sites excluding steroid dienone is 6. The van der Waals surface area contributed by atoms with E-state index >= 15 is 0 Å². The first kappa shape index (κ1) is 60.2. The van der Waals surface area contributed by atoms with Crippen LogP contribution in [0.25, 0.3) is 0 Å². The Bertz CT molecular complexity index is 1560. The number of phosphoric acid groups is 1. The average molecular weight is 937 g/mol. The molecule has 1 aromatic rings. The quantitative estimate of drug-likeness (QED) is 0.0188. The van der Waals surface area contributed by atoms with Gasteiger partial charge in [0.15, 0.2) is 6.10 Å². The molecule has 1 rings (SSSR count). The summed E-state index contributed by atoms with van der Waals surface area (Å²) in [5.41, 5.74) is 2.67. The molecule has 4 atom stereocenters. The molecule has 1 heterocycles. The Labute approximate surface area is 394 Å². The van der Waals surface area contributed by atoms with Gasteiger partial charge in [-0.05, 0) is 69.9 Å². The Kier molecular flexibility index (Phi) is 34.4. The lowest BCUT2D eigenvalue weighted by Crippen LogP contribution is -2.37. The van der Waals surface area contributed by atoms with Gasteiger partial charge in [-0.2, -0.15) is 0 Å². The summed E-state index contributed by atoms with van der Waals surface area (Å²) in [7, 11) is 1.33. The summed E-state index contributed by atoms with van der Waals surface area (Å²) in [6.45, 7) is 8.39. The maximum atomic E-state index is 12.8. The monoisotopic (exact) mass is 937 g/mol. The second kappa shape index (κ2) is 37.2. The van der Waals surface area contributed by atoms with E-state index in [0.717, 1.165) is 64.2 Å². The number of rotatable bonds is 41. The number of aryl methyl sites for hydroxylation is 2. The first-order valence-electron chi connectivity index (χ1n) is 24.9. The molecule has 65 heavy (non-hydrogen) atoms. The highest BCUT2D eigenvalue weighted by molar-refractivity contribution is 7.47. The lowest BCUT2D eigenvalue weighted by atomic mass is 10.0. The lowest BCUT2D eigenvalue weighted by Gasteiger charge is -2.24. The van der Waals surface area contributed by atoms with E-state index in [2.05, 4.69) is 27.7 Å². The maximum absolute atomic E-state index is 12.8. The van der Waals surface area contributed by atoms with Crippen molar-refractivity contribution in [2.75, 3.05) is 47.5 Å². The zero-order valence-electron chi connectivity index (χ0n) is 41.7. The van der Waals surface area contributed by atoms with Crippen molar-refractivity contribution in [2.24, 2.45) is 0 Å². The van der Waals surface area contributed by atoms with Gasteiger partial charge >= 0.3 is 19.8 Å². The third-order valence-electron chi connectivity index (χ3n) is 11.3. The number of esters is 2. The van der Waals surface area contributed by atoms with Gasteiger partial charge in [0.1, 0.15) is 31.3 Å². The number of nitrogens with zero attached hydrogens (tertiary/aromatic N) is 1. The lowest BCUT2D eigenvalue weighted by molar-refractivity contribution is -0.870. The molecular formula is C52H91NO11P+. The van der Waals surface area contributed by atoms with Crippen LogP contribution >= 0.6 is 7.82 Å². The van der Waals surface area contributed by atoms with Crippen LogP contribution in [0.2, 0.25) is 0 Å². The molecule has 0 aliphatic rings. The van der Waals surface area contributed by atoms with Crippen molar-refractivity contribution in [1.29, 1.82) is 0 Å². The van der Waals surface area contributed by atoms with Gasteiger partial charge in [0.25, 0.3) is 0 Å². The molecule has 0 saturated heterocycles. The number of phosphoric ester groups is 1. The molecule has 0 aromatic carbocycles. The molecule has 13 heteroatoms. The zero-order chi connectivity index (χ0) is 48.2. The second-order valence-corrected chi connectivity index (χ2v) is 19.9. The molecule has 0 aliphatic heterocycles. The Morgan fingerprint density at radius 2 is 1.14 bits per heavy atom. The minimum atomic E-state index is -4.45. The number of aliphatic hydroxyl groups excluding tert-OH is 2. The van der Waals surface area contributed by atoms with Crippen LogP contribution in [0.1, 0.15) is 178 Å². The minimum absolute atomic E-state index is 0.0129. The summed E-state index contributed by atoms with van der Waals surface area (Å²) >= 11 is 0. The molecule has 0 fully saturated rings. The van der Waals surface area contributed by atoms with Crippen molar-refractivity contribution in [3.63, 3.8) is 0 Å². The van der Waals surface area contributed by atoms with E-state index in [1.54, 1.807) is 18.2 Å². The number of hydrogen-bond donors (Lipinski definition) is 3. The number of carbonyl (C=O) groups excluding carboxylic acids is 2. The van der Waals surface area contributed by atoms with E-state index in [9.17, 15) is 29.3 Å². The van der Waals surface area contributed by atoms with Crippen molar-refractivity contribution in [3.05, 3.63) is 71.3 Å². The number of ether oxygens (including phenoxy) is 2. The molecule has 0 spiro atoms. The molecule has 1 unspecified atom stereocenters. The van der Waals surface area contributed by atoms with Crippen LogP contribution in [-0.2, 0) is 45.5 Å². The van der Waals surface area contributed by atoms with Crippen molar-refractivity contribution < 1.29 is 56.7 Å². The number of hydrogen-bond acceptors (Lipinski definition) is 10. The Balaban J connectivity index is 2.40. The normalized spacial score (nSPS) is 14.8. The van der Waals surface area contributed by atoms with Crippen molar-refractivity contribution >= 4 is 19.8 Å². The number of carbonyl (C=O) groups is 2. The van der Waals surface area contributed by atoms with Crippen LogP contribution in [0.3, 0.4) is 0 Å². The minimum Gasteiger partial charge on any atom is -0.466 e. The SMILES string of the molecule is CCCCCc1oc(CCCCCCCCCCCCC(=O)O[C@H](COC(=O)CCC[C@@H](O)/C=C/C=C\C/C=C\C=C\[C@@H](O)CCCCC)COP(=O)(O)OCC[N+](C)(C)C)c(C)c1C. The van der Waals surface area contributed by atoms with Crippen LogP contribution in [0.4, 0.5) is 0 Å². The van der Waals surface area contributed by atoms with Crippen LogP contribution in [-0.4, -0.2) is 97.3 Å². The van der Waals surface area contributed by atoms with E-state index in [0.29, 0.717) is 36.7 Å². The highest BCUT2D eigenvalue weighted by atomic mass is 31.2. The summed E-state index contributed by atoms with van der Waals surface area (Å²) in [5.74, 6) is 1.31. The predicted octanol–water partition coefficient (Wildman–Crippen LogP) is 11.8. The first-order chi connectivity index (χ1) is 31.1. The van der Waals surface area contributed by atoms with Crippen molar-refractivity contribution in [3.8, 4) is 0 Å². The van der Waals surface area contributed by atoms with Crippen LogP contribution in [0, 0.1) is 13.8 Å². The maximum Gasteiger partial charge on any atom is 0.472 e. The van der Waals surface area contributed by atoms with Gasteiger partial charge in [-0.3, -0.25) is 18.6 Å². The molecule has 3 N–H and O–H groups in total. The number of likely N-dealkylation sites (N-methyl/N-ethyl adjacent to an activating group) is 1. The van der Waals surface area contributed by atoms with E-state index in [4.69, 9.17) is 22.9 Å². The molecule has 0 aliphatic carbocycles. The summed E-state index contributed by atoms with van der Waals surface area (Å²) in [6.07, 6.45) is 34.8. The standard InChI is InChI=1S/C52H90NO11P/c1-8-10-25-32-46(54)33-27-21-17-16-18-22-28-34-47(55)35-31-39-51(56)60-42-48(43-62-65(58,59)61-41-40-53(5,6)7)63-52(57)38-30-24-20-15-13-12-14-19-23-29-37-50-45(4)44(3)49(64-50)36-26-11-9-2/h17-18,21-22,27-28,33-34,46-48,54-55H,8-16,19-20,23-26,29-32,35-43H2,1-7H3/p+1/b21-17-,22-18-,33-27+,34-28+/t46-,47-,48+/m0/s1. The smallest absolute Gasteiger partial charge is 0.466 e. The first-order valence-corrected chi connectivity index (χ1v) is 26.4. The Morgan fingerprint density at radius 1 is 0.646 bits per heavy atom. The second-order valence-electron chi connectivity index (χ2n) is 18.5. The molecule has 0 radical (unpaired) electrons. The molecule has 0 saturated carbocycles. The summed E-state index contributed by atoms with van der Waals surface area (Å²) in [6, 6.07) is 0. The van der Waals surface area contributed by atoms with Gasteiger partial charge in [0.05, 0.1) is 40.0 Å². The molecule has 0 bridgehead atoms. The number of aliphatic hydroxyl groups is 2. The van der Waals surface area contributed by atoms with Gasteiger partial charge < -0.3 is 33.5 Å². The molecule has 1 aromatic heterocycles. The molecule has 0 amide bonds. The van der Waals surface area contributed by atoms with E-state index in [1.165, 1.54) is 74.0 Å². The Morgan fingerprint density at radius 3 is 1.69 bits per heavy atom. The summed E-state index contributed by atoms with van der Waals surface area (Å²) in [4.78, 5) is 35.6. The number of unbranched alkanes of at least 4 members (excludes halogenated alkanes) is 13. The fourth-order valence-corrected chi connectivity index (χ4v) is 7.74. The fraction of sp³-hybridized carbons (Fsp3) is 0.731. The number of quaternary nitrogens is 1.